The van der Waals surface area contributed by atoms with Gasteiger partial charge in [0, 0.05) is 5.02 Å². The van der Waals surface area contributed by atoms with Crippen molar-refractivity contribution in [3.63, 3.8) is 0 Å². The molecule has 0 aliphatic rings. The largest absolute Gasteiger partial charge is 0.415 e. The number of nitrogens with zero attached hydrogens (tertiary/aromatic N) is 1. The SMILES string of the molecule is ON(c1ccc(Cl)cc1)C(c1ccccc1)C(F)(F)F. The Hall–Kier alpha value is -1.72. The summed E-state index contributed by atoms with van der Waals surface area (Å²) in [7, 11) is 0. The maximum absolute atomic E-state index is 13.2. The molecule has 20 heavy (non-hydrogen) atoms. The molecule has 0 spiro atoms. The fourth-order valence-corrected chi connectivity index (χ4v) is 1.97. The van der Waals surface area contributed by atoms with Crippen LogP contribution in [0.15, 0.2) is 54.6 Å². The van der Waals surface area contributed by atoms with Crippen LogP contribution in [0.2, 0.25) is 5.02 Å². The second-order valence-corrected chi connectivity index (χ2v) is 4.61. The molecular weight excluding hydrogens is 291 g/mol. The number of anilines is 1. The molecule has 0 radical (unpaired) electrons. The third kappa shape index (κ3) is 3.23. The molecular formula is C14H11ClF3NO. The predicted molar refractivity (Wildman–Crippen MR) is 71.0 cm³/mol. The summed E-state index contributed by atoms with van der Waals surface area (Å²) in [5, 5.41) is 10.5. The Morgan fingerprint density at radius 1 is 0.950 bits per heavy atom. The molecule has 0 aromatic heterocycles. The maximum Gasteiger partial charge on any atom is 0.415 e. The standard InChI is InChI=1S/C14H11ClF3NO/c15-11-6-8-12(9-7-11)19(20)13(14(16,17)18)10-4-2-1-3-5-10/h1-9,13,20H. The van der Waals surface area contributed by atoms with Crippen LogP contribution in [0.25, 0.3) is 0 Å². The van der Waals surface area contributed by atoms with E-state index in [0.29, 0.717) is 5.02 Å². The van der Waals surface area contributed by atoms with Gasteiger partial charge in [-0.25, -0.2) is 5.06 Å². The van der Waals surface area contributed by atoms with Gasteiger partial charge in [-0.2, -0.15) is 13.2 Å². The Labute approximate surface area is 119 Å². The summed E-state index contributed by atoms with van der Waals surface area (Å²) in [6, 6.07) is 10.6. The van der Waals surface area contributed by atoms with Crippen molar-refractivity contribution in [1.82, 2.24) is 0 Å². The molecule has 0 bridgehead atoms. The van der Waals surface area contributed by atoms with Gasteiger partial charge in [-0.3, -0.25) is 5.21 Å². The van der Waals surface area contributed by atoms with Crippen LogP contribution < -0.4 is 5.06 Å². The number of hydroxylamine groups is 1. The second-order valence-electron chi connectivity index (χ2n) is 4.18. The summed E-state index contributed by atoms with van der Waals surface area (Å²) in [6.45, 7) is 0. The minimum absolute atomic E-state index is 0.0144. The fraction of sp³-hybridized carbons (Fsp3) is 0.143. The van der Waals surface area contributed by atoms with Crippen molar-refractivity contribution in [2.45, 2.75) is 12.2 Å². The molecule has 106 valence electrons. The molecule has 1 unspecified atom stereocenters. The molecule has 2 rings (SSSR count). The highest BCUT2D eigenvalue weighted by Gasteiger charge is 2.45. The first-order valence-electron chi connectivity index (χ1n) is 5.75. The lowest BCUT2D eigenvalue weighted by Gasteiger charge is -2.29. The Bertz CT molecular complexity index is 557. The van der Waals surface area contributed by atoms with Crippen LogP contribution in [-0.2, 0) is 0 Å². The van der Waals surface area contributed by atoms with Gasteiger partial charge in [0.1, 0.15) is 0 Å². The Morgan fingerprint density at radius 2 is 1.50 bits per heavy atom. The van der Waals surface area contributed by atoms with E-state index in [2.05, 4.69) is 0 Å². The van der Waals surface area contributed by atoms with Gasteiger partial charge in [0.2, 0.25) is 0 Å². The summed E-state index contributed by atoms with van der Waals surface area (Å²) >= 11 is 5.68. The van der Waals surface area contributed by atoms with E-state index in [1.54, 1.807) is 6.07 Å². The van der Waals surface area contributed by atoms with E-state index >= 15 is 0 Å². The molecule has 0 aliphatic heterocycles. The zero-order chi connectivity index (χ0) is 14.8. The van der Waals surface area contributed by atoms with Gasteiger partial charge in [0.05, 0.1) is 5.69 Å². The zero-order valence-electron chi connectivity index (χ0n) is 10.2. The normalized spacial score (nSPS) is 13.1. The number of benzene rings is 2. The van der Waals surface area contributed by atoms with E-state index in [0.717, 1.165) is 0 Å². The van der Waals surface area contributed by atoms with E-state index in [1.165, 1.54) is 48.5 Å². The average molecular weight is 302 g/mol. The number of hydrogen-bond acceptors (Lipinski definition) is 2. The molecule has 2 nitrogen and oxygen atoms in total. The van der Waals surface area contributed by atoms with Crippen molar-refractivity contribution in [2.75, 3.05) is 5.06 Å². The van der Waals surface area contributed by atoms with E-state index < -0.39 is 12.2 Å². The molecule has 0 amide bonds. The monoisotopic (exact) mass is 301 g/mol. The molecule has 0 saturated carbocycles. The number of rotatable bonds is 3. The molecule has 1 atom stereocenters. The highest BCUT2D eigenvalue weighted by molar-refractivity contribution is 6.30. The average Bonchev–Trinajstić information content (AvgIpc) is 2.39. The lowest BCUT2D eigenvalue weighted by molar-refractivity contribution is -0.163. The first-order chi connectivity index (χ1) is 9.39. The summed E-state index contributed by atoms with van der Waals surface area (Å²) in [4.78, 5) is 0. The van der Waals surface area contributed by atoms with Crippen molar-refractivity contribution in [3.05, 3.63) is 65.2 Å². The number of halogens is 4. The van der Waals surface area contributed by atoms with Crippen LogP contribution in [0, 0.1) is 0 Å². The van der Waals surface area contributed by atoms with E-state index in [1.807, 2.05) is 0 Å². The van der Waals surface area contributed by atoms with Crippen molar-refractivity contribution in [2.24, 2.45) is 0 Å². The molecule has 0 saturated heterocycles. The maximum atomic E-state index is 13.2. The highest BCUT2D eigenvalue weighted by Crippen LogP contribution is 2.39. The van der Waals surface area contributed by atoms with E-state index in [9.17, 15) is 18.4 Å². The number of alkyl halides is 3. The van der Waals surface area contributed by atoms with E-state index in [-0.39, 0.29) is 16.3 Å². The smallest absolute Gasteiger partial charge is 0.287 e. The molecule has 2 aromatic rings. The Morgan fingerprint density at radius 3 is 2.00 bits per heavy atom. The van der Waals surface area contributed by atoms with Crippen molar-refractivity contribution in [1.29, 1.82) is 0 Å². The summed E-state index contributed by atoms with van der Waals surface area (Å²) in [5.41, 5.74) is -0.0296. The molecule has 0 fully saturated rings. The molecule has 0 aliphatic carbocycles. The Balaban J connectivity index is 2.39. The fourth-order valence-electron chi connectivity index (χ4n) is 1.85. The van der Waals surface area contributed by atoms with Gasteiger partial charge in [0.15, 0.2) is 6.04 Å². The van der Waals surface area contributed by atoms with Crippen LogP contribution in [0.5, 0.6) is 0 Å². The van der Waals surface area contributed by atoms with Gasteiger partial charge >= 0.3 is 6.18 Å². The van der Waals surface area contributed by atoms with Crippen LogP contribution in [0.4, 0.5) is 18.9 Å². The van der Waals surface area contributed by atoms with Crippen LogP contribution in [0.1, 0.15) is 11.6 Å². The topological polar surface area (TPSA) is 23.5 Å². The molecule has 6 heteroatoms. The minimum Gasteiger partial charge on any atom is -0.287 e. The predicted octanol–water partition coefficient (Wildman–Crippen LogP) is 4.84. The highest BCUT2D eigenvalue weighted by atomic mass is 35.5. The molecule has 0 heterocycles. The van der Waals surface area contributed by atoms with Gasteiger partial charge in [0.25, 0.3) is 0 Å². The van der Waals surface area contributed by atoms with E-state index in [4.69, 9.17) is 11.6 Å². The summed E-state index contributed by atoms with van der Waals surface area (Å²) < 4.78 is 39.6. The zero-order valence-corrected chi connectivity index (χ0v) is 10.9. The third-order valence-electron chi connectivity index (χ3n) is 2.76. The van der Waals surface area contributed by atoms with Gasteiger partial charge in [-0.15, -0.1) is 0 Å². The van der Waals surface area contributed by atoms with Crippen LogP contribution in [0.3, 0.4) is 0 Å². The van der Waals surface area contributed by atoms with Crippen LogP contribution >= 0.6 is 11.6 Å². The minimum atomic E-state index is -4.62. The van der Waals surface area contributed by atoms with Gasteiger partial charge in [-0.05, 0) is 29.8 Å². The lowest BCUT2D eigenvalue weighted by atomic mass is 10.1. The molecule has 2 aromatic carbocycles. The van der Waals surface area contributed by atoms with Crippen molar-refractivity contribution in [3.8, 4) is 0 Å². The molecule has 1 N–H and O–H groups in total. The third-order valence-corrected chi connectivity index (χ3v) is 3.01. The first-order valence-corrected chi connectivity index (χ1v) is 6.13. The Kier molecular flexibility index (Phi) is 4.20. The van der Waals surface area contributed by atoms with Crippen LogP contribution in [-0.4, -0.2) is 11.4 Å². The van der Waals surface area contributed by atoms with Crippen molar-refractivity contribution >= 4 is 17.3 Å². The van der Waals surface area contributed by atoms with Gasteiger partial charge in [-0.1, -0.05) is 41.9 Å². The lowest BCUT2D eigenvalue weighted by Crippen LogP contribution is -2.36. The van der Waals surface area contributed by atoms with Gasteiger partial charge < -0.3 is 0 Å². The number of hydrogen-bond donors (Lipinski definition) is 1. The van der Waals surface area contributed by atoms with Crippen molar-refractivity contribution < 1.29 is 18.4 Å². The summed E-state index contributed by atoms with van der Waals surface area (Å²) in [6.07, 6.45) is -4.62. The quantitative estimate of drug-likeness (QED) is 0.820. The summed E-state index contributed by atoms with van der Waals surface area (Å²) in [5.74, 6) is 0. The second kappa shape index (κ2) is 5.73. The first kappa shape index (κ1) is 14.7.